The Hall–Kier alpha value is -2.24. The van der Waals surface area contributed by atoms with Crippen LogP contribution in [0.3, 0.4) is 0 Å². The maximum absolute atomic E-state index is 13.0. The Balaban J connectivity index is 1.65. The van der Waals surface area contributed by atoms with E-state index in [9.17, 15) is 9.18 Å². The minimum atomic E-state index is -0.278. The predicted octanol–water partition coefficient (Wildman–Crippen LogP) is 1.91. The smallest absolute Gasteiger partial charge is 0.226 e. The molecule has 1 fully saturated rings. The van der Waals surface area contributed by atoms with E-state index in [0.29, 0.717) is 13.1 Å². The molecule has 3 rings (SSSR count). The van der Waals surface area contributed by atoms with Crippen LogP contribution in [0.25, 0.3) is 0 Å². The molecule has 4 nitrogen and oxygen atoms in total. The van der Waals surface area contributed by atoms with Crippen molar-refractivity contribution in [3.63, 3.8) is 0 Å². The molecular weight excluding hydrogens is 281 g/mol. The lowest BCUT2D eigenvalue weighted by Gasteiger charge is -2.18. The zero-order valence-corrected chi connectivity index (χ0v) is 12.1. The lowest BCUT2D eigenvalue weighted by molar-refractivity contribution is -0.125. The zero-order valence-electron chi connectivity index (χ0n) is 12.1. The van der Waals surface area contributed by atoms with E-state index in [1.807, 2.05) is 30.3 Å². The molecule has 114 valence electrons. The first-order valence-electron chi connectivity index (χ1n) is 7.29. The molecule has 2 aromatic carbocycles. The Morgan fingerprint density at radius 2 is 1.86 bits per heavy atom. The zero-order chi connectivity index (χ0) is 15.4. The summed E-state index contributed by atoms with van der Waals surface area (Å²) in [7, 11) is 0. The molecule has 1 aliphatic heterocycles. The first kappa shape index (κ1) is 14.7. The van der Waals surface area contributed by atoms with E-state index in [2.05, 4.69) is 16.2 Å². The second kappa shape index (κ2) is 6.68. The van der Waals surface area contributed by atoms with Crippen molar-refractivity contribution in [3.8, 4) is 0 Å². The SMILES string of the molecule is O=C(NCc1ccccc1)C1CNNC1c1ccc(F)cc1. The van der Waals surface area contributed by atoms with Crippen molar-refractivity contribution in [3.05, 3.63) is 71.5 Å². The molecule has 3 N–H and O–H groups in total. The monoisotopic (exact) mass is 299 g/mol. The fraction of sp³-hybridized carbons (Fsp3) is 0.235. The maximum Gasteiger partial charge on any atom is 0.226 e. The van der Waals surface area contributed by atoms with Gasteiger partial charge in [-0.15, -0.1) is 0 Å². The number of benzene rings is 2. The van der Waals surface area contributed by atoms with Gasteiger partial charge in [0.05, 0.1) is 12.0 Å². The van der Waals surface area contributed by atoms with E-state index in [1.54, 1.807) is 12.1 Å². The number of rotatable bonds is 4. The number of carbonyl (C=O) groups is 1. The molecule has 1 amide bonds. The highest BCUT2D eigenvalue weighted by Crippen LogP contribution is 2.25. The molecule has 0 radical (unpaired) electrons. The van der Waals surface area contributed by atoms with Crippen LogP contribution in [-0.2, 0) is 11.3 Å². The molecule has 0 bridgehead atoms. The molecule has 2 atom stereocenters. The summed E-state index contributed by atoms with van der Waals surface area (Å²) in [5.74, 6) is -0.523. The van der Waals surface area contributed by atoms with E-state index >= 15 is 0 Å². The third kappa shape index (κ3) is 3.32. The van der Waals surface area contributed by atoms with Gasteiger partial charge in [0.15, 0.2) is 0 Å². The summed E-state index contributed by atoms with van der Waals surface area (Å²) in [6.45, 7) is 1.05. The van der Waals surface area contributed by atoms with Gasteiger partial charge < -0.3 is 5.32 Å². The van der Waals surface area contributed by atoms with Crippen molar-refractivity contribution in [2.75, 3.05) is 6.54 Å². The maximum atomic E-state index is 13.0. The minimum Gasteiger partial charge on any atom is -0.352 e. The van der Waals surface area contributed by atoms with Crippen molar-refractivity contribution in [2.24, 2.45) is 5.92 Å². The summed E-state index contributed by atoms with van der Waals surface area (Å²) in [6, 6.07) is 15.9. The highest BCUT2D eigenvalue weighted by Gasteiger charge is 2.33. The molecule has 1 saturated heterocycles. The topological polar surface area (TPSA) is 53.2 Å². The molecule has 0 aliphatic carbocycles. The number of carbonyl (C=O) groups excluding carboxylic acids is 1. The van der Waals surface area contributed by atoms with Gasteiger partial charge in [0.25, 0.3) is 0 Å². The predicted molar refractivity (Wildman–Crippen MR) is 82.1 cm³/mol. The average Bonchev–Trinajstić information content (AvgIpc) is 3.04. The normalized spacial score (nSPS) is 20.8. The number of nitrogens with one attached hydrogen (secondary N) is 3. The van der Waals surface area contributed by atoms with Crippen LogP contribution >= 0.6 is 0 Å². The van der Waals surface area contributed by atoms with Crippen molar-refractivity contribution < 1.29 is 9.18 Å². The summed E-state index contributed by atoms with van der Waals surface area (Å²) in [5, 5.41) is 2.96. The number of halogens is 1. The lowest BCUT2D eigenvalue weighted by Crippen LogP contribution is -2.34. The van der Waals surface area contributed by atoms with E-state index < -0.39 is 0 Å². The molecule has 2 unspecified atom stereocenters. The van der Waals surface area contributed by atoms with E-state index in [4.69, 9.17) is 0 Å². The summed E-state index contributed by atoms with van der Waals surface area (Å²) in [4.78, 5) is 12.4. The molecule has 2 aromatic rings. The van der Waals surface area contributed by atoms with E-state index in [-0.39, 0.29) is 23.7 Å². The van der Waals surface area contributed by atoms with Gasteiger partial charge >= 0.3 is 0 Å². The Kier molecular flexibility index (Phi) is 4.46. The van der Waals surface area contributed by atoms with Crippen LogP contribution in [0.5, 0.6) is 0 Å². The lowest BCUT2D eigenvalue weighted by atomic mass is 9.94. The van der Waals surface area contributed by atoms with Gasteiger partial charge in [0.1, 0.15) is 5.82 Å². The Morgan fingerprint density at radius 1 is 1.14 bits per heavy atom. The Labute approximate surface area is 128 Å². The highest BCUT2D eigenvalue weighted by atomic mass is 19.1. The van der Waals surface area contributed by atoms with Gasteiger partial charge in [0, 0.05) is 13.1 Å². The second-order valence-corrected chi connectivity index (χ2v) is 5.36. The molecule has 5 heteroatoms. The van der Waals surface area contributed by atoms with Crippen LogP contribution in [0.4, 0.5) is 4.39 Å². The second-order valence-electron chi connectivity index (χ2n) is 5.36. The van der Waals surface area contributed by atoms with Crippen LogP contribution in [-0.4, -0.2) is 12.5 Å². The quantitative estimate of drug-likeness (QED) is 0.808. The first-order valence-corrected chi connectivity index (χ1v) is 7.29. The van der Waals surface area contributed by atoms with Gasteiger partial charge in [0.2, 0.25) is 5.91 Å². The van der Waals surface area contributed by atoms with E-state index in [1.165, 1.54) is 12.1 Å². The number of amides is 1. The van der Waals surface area contributed by atoms with Gasteiger partial charge in [-0.05, 0) is 23.3 Å². The molecule has 0 spiro atoms. The highest BCUT2D eigenvalue weighted by molar-refractivity contribution is 5.80. The fourth-order valence-corrected chi connectivity index (χ4v) is 2.64. The molecule has 22 heavy (non-hydrogen) atoms. The largest absolute Gasteiger partial charge is 0.352 e. The molecule has 0 aromatic heterocycles. The number of hydrogen-bond acceptors (Lipinski definition) is 3. The average molecular weight is 299 g/mol. The fourth-order valence-electron chi connectivity index (χ4n) is 2.64. The Bertz CT molecular complexity index is 630. The van der Waals surface area contributed by atoms with Gasteiger partial charge in [-0.2, -0.15) is 0 Å². The van der Waals surface area contributed by atoms with Gasteiger partial charge in [-0.1, -0.05) is 42.5 Å². The van der Waals surface area contributed by atoms with Crippen LogP contribution < -0.4 is 16.2 Å². The third-order valence-electron chi connectivity index (χ3n) is 3.86. The summed E-state index contributed by atoms with van der Waals surface area (Å²) in [5.41, 5.74) is 8.06. The van der Waals surface area contributed by atoms with Crippen molar-refractivity contribution in [2.45, 2.75) is 12.6 Å². The molecule has 1 heterocycles. The van der Waals surface area contributed by atoms with E-state index in [0.717, 1.165) is 11.1 Å². The molecular formula is C17H18FN3O. The van der Waals surface area contributed by atoms with Gasteiger partial charge in [-0.25, -0.2) is 9.82 Å². The third-order valence-corrected chi connectivity index (χ3v) is 3.86. The molecule has 1 aliphatic rings. The van der Waals surface area contributed by atoms with Crippen LogP contribution in [0.1, 0.15) is 17.2 Å². The summed E-state index contributed by atoms with van der Waals surface area (Å²) >= 11 is 0. The first-order chi connectivity index (χ1) is 10.7. The van der Waals surface area contributed by atoms with Crippen molar-refractivity contribution in [1.82, 2.24) is 16.2 Å². The number of hydrogen-bond donors (Lipinski definition) is 3. The number of hydrazine groups is 1. The summed E-state index contributed by atoms with van der Waals surface area (Å²) in [6.07, 6.45) is 0. The van der Waals surface area contributed by atoms with Crippen LogP contribution in [0.2, 0.25) is 0 Å². The van der Waals surface area contributed by atoms with Crippen LogP contribution in [0, 0.1) is 11.7 Å². The van der Waals surface area contributed by atoms with Crippen molar-refractivity contribution >= 4 is 5.91 Å². The standard InChI is InChI=1S/C17H18FN3O/c18-14-8-6-13(7-9-14)16-15(11-20-21-16)17(22)19-10-12-4-2-1-3-5-12/h1-9,15-16,20-21H,10-11H2,(H,19,22). The minimum absolute atomic E-state index is 0.0179. The van der Waals surface area contributed by atoms with Gasteiger partial charge in [-0.3, -0.25) is 10.2 Å². The van der Waals surface area contributed by atoms with Crippen molar-refractivity contribution in [1.29, 1.82) is 0 Å². The molecule has 0 saturated carbocycles. The van der Waals surface area contributed by atoms with Crippen LogP contribution in [0.15, 0.2) is 54.6 Å². The summed E-state index contributed by atoms with van der Waals surface area (Å²) < 4.78 is 13.0. The Morgan fingerprint density at radius 3 is 2.59 bits per heavy atom.